The van der Waals surface area contributed by atoms with Crippen molar-refractivity contribution in [2.24, 2.45) is 10.7 Å². The van der Waals surface area contributed by atoms with Gasteiger partial charge in [0.1, 0.15) is 11.6 Å². The van der Waals surface area contributed by atoms with Gasteiger partial charge in [0.05, 0.1) is 22.7 Å². The van der Waals surface area contributed by atoms with Gasteiger partial charge in [-0.1, -0.05) is 17.7 Å². The van der Waals surface area contributed by atoms with Gasteiger partial charge in [-0.15, -0.1) is 0 Å². The minimum Gasteiger partial charge on any atom is -0.482 e. The number of alkyl halides is 3. The number of benzene rings is 2. The van der Waals surface area contributed by atoms with Crippen molar-refractivity contribution in [3.05, 3.63) is 52.3 Å². The average molecular weight is 389 g/mol. The molecule has 3 rings (SSSR count). The van der Waals surface area contributed by atoms with Crippen LogP contribution in [0, 0.1) is 5.82 Å². The Bertz CT molecular complexity index is 887. The van der Waals surface area contributed by atoms with Crippen molar-refractivity contribution >= 4 is 29.3 Å². The van der Waals surface area contributed by atoms with Gasteiger partial charge in [0.25, 0.3) is 0 Å². The van der Waals surface area contributed by atoms with E-state index in [4.69, 9.17) is 27.8 Å². The van der Waals surface area contributed by atoms with E-state index < -0.39 is 24.3 Å². The molecule has 138 valence electrons. The number of fused-ring (bicyclic) bond motifs is 1. The molecule has 26 heavy (non-hydrogen) atoms. The molecule has 2 aromatic carbocycles. The first-order chi connectivity index (χ1) is 12.1. The summed E-state index contributed by atoms with van der Waals surface area (Å²) in [5, 5.41) is 2.64. The molecule has 0 radical (unpaired) electrons. The van der Waals surface area contributed by atoms with E-state index in [0.717, 1.165) is 6.07 Å². The van der Waals surface area contributed by atoms with Crippen LogP contribution in [0.1, 0.15) is 11.1 Å². The molecule has 0 aliphatic carbocycles. The number of nitrogens with zero attached hydrogens (tertiary/aromatic N) is 1. The van der Waals surface area contributed by atoms with Gasteiger partial charge in [-0.25, -0.2) is 9.38 Å². The number of nitrogens with two attached hydrogens (primary N) is 2. The van der Waals surface area contributed by atoms with E-state index in [1.807, 2.05) is 0 Å². The zero-order valence-electron chi connectivity index (χ0n) is 13.1. The first-order valence-corrected chi connectivity index (χ1v) is 7.66. The number of aliphatic imine (C=N–C) groups is 1. The van der Waals surface area contributed by atoms with Crippen LogP contribution in [0.5, 0.6) is 5.75 Å². The molecule has 0 amide bonds. The fourth-order valence-corrected chi connectivity index (χ4v) is 2.73. The average Bonchev–Trinajstić information content (AvgIpc) is 2.55. The maximum absolute atomic E-state index is 13.4. The number of rotatable bonds is 3. The van der Waals surface area contributed by atoms with Gasteiger partial charge in [-0.2, -0.15) is 13.2 Å². The third kappa shape index (κ3) is 3.40. The molecule has 5 nitrogen and oxygen atoms in total. The van der Waals surface area contributed by atoms with Crippen molar-refractivity contribution in [1.29, 1.82) is 0 Å². The number of ether oxygens (including phenoxy) is 1. The summed E-state index contributed by atoms with van der Waals surface area (Å²) in [4.78, 5) is 4.18. The zero-order chi connectivity index (χ0) is 19.1. The van der Waals surface area contributed by atoms with E-state index in [1.165, 1.54) is 30.6 Å². The van der Waals surface area contributed by atoms with Crippen LogP contribution in [0.2, 0.25) is 5.02 Å². The zero-order valence-corrected chi connectivity index (χ0v) is 13.8. The number of nitrogen functional groups attached to an aromatic ring is 1. The van der Waals surface area contributed by atoms with Gasteiger partial charge in [0.15, 0.2) is 12.3 Å². The Labute approximate surface area is 150 Å². The molecule has 1 heterocycles. The molecule has 0 bridgehead atoms. The van der Waals surface area contributed by atoms with E-state index in [0.29, 0.717) is 16.8 Å². The van der Waals surface area contributed by atoms with E-state index in [2.05, 4.69) is 10.3 Å². The number of nitrogens with one attached hydrogen (secondary N) is 1. The van der Waals surface area contributed by atoms with E-state index in [-0.39, 0.29) is 16.5 Å². The lowest BCUT2D eigenvalue weighted by Gasteiger charge is -2.32. The second-order valence-electron chi connectivity index (χ2n) is 5.64. The fraction of sp³-hybridized carbons (Fsp3) is 0.188. The van der Waals surface area contributed by atoms with Crippen LogP contribution >= 0.6 is 11.6 Å². The van der Waals surface area contributed by atoms with Gasteiger partial charge in [0, 0.05) is 17.2 Å². The molecule has 0 fully saturated rings. The second kappa shape index (κ2) is 6.33. The highest BCUT2D eigenvalue weighted by molar-refractivity contribution is 6.30. The first-order valence-electron chi connectivity index (χ1n) is 7.28. The Hall–Kier alpha value is -2.52. The lowest BCUT2D eigenvalue weighted by atomic mass is 9.89. The molecule has 0 aromatic heterocycles. The summed E-state index contributed by atoms with van der Waals surface area (Å²) in [6.07, 6.45) is -3.22. The summed E-state index contributed by atoms with van der Waals surface area (Å²) in [5.74, 6) is -0.768. The second-order valence-corrected chi connectivity index (χ2v) is 6.04. The Morgan fingerprint density at radius 2 is 1.96 bits per heavy atom. The fourth-order valence-electron chi connectivity index (χ4n) is 2.55. The van der Waals surface area contributed by atoms with Crippen LogP contribution in [-0.4, -0.2) is 19.1 Å². The van der Waals surface area contributed by atoms with Crippen molar-refractivity contribution in [2.45, 2.75) is 11.8 Å². The molecule has 1 aliphatic heterocycles. The van der Waals surface area contributed by atoms with Crippen LogP contribution in [0.25, 0.3) is 0 Å². The van der Waals surface area contributed by atoms with Gasteiger partial charge < -0.3 is 15.8 Å². The Balaban J connectivity index is 2.03. The number of halogens is 5. The Kier molecular flexibility index (Phi) is 4.45. The Morgan fingerprint density at radius 3 is 2.62 bits per heavy atom. The van der Waals surface area contributed by atoms with Crippen molar-refractivity contribution in [1.82, 2.24) is 0 Å². The van der Waals surface area contributed by atoms with Gasteiger partial charge in [-0.3, -0.25) is 5.73 Å². The maximum Gasteiger partial charge on any atom is 0.422 e. The minimum absolute atomic E-state index is 0.0464. The molecule has 2 aromatic rings. The smallest absolute Gasteiger partial charge is 0.422 e. The molecule has 10 heteroatoms. The van der Waals surface area contributed by atoms with Crippen LogP contribution in [0.3, 0.4) is 0 Å². The molecule has 1 unspecified atom stereocenters. The van der Waals surface area contributed by atoms with E-state index in [9.17, 15) is 17.6 Å². The molecular formula is C16H13ClF4N4O. The topological polar surface area (TPSA) is 85.7 Å². The van der Waals surface area contributed by atoms with Crippen molar-refractivity contribution < 1.29 is 22.3 Å². The summed E-state index contributed by atoms with van der Waals surface area (Å²) in [7, 11) is 0. The summed E-state index contributed by atoms with van der Waals surface area (Å²) in [6, 6.07) is 6.55. The highest BCUT2D eigenvalue weighted by Crippen LogP contribution is 2.41. The van der Waals surface area contributed by atoms with Gasteiger partial charge >= 0.3 is 6.18 Å². The van der Waals surface area contributed by atoms with E-state index >= 15 is 0 Å². The Morgan fingerprint density at radius 1 is 1.23 bits per heavy atom. The standard InChI is InChI=1S/C16H13ClF4N4O/c17-10-3-8(1-2-11(10)18)16(23)9-4-12(22)14(26-6-15(19,20)21)5-13(9)24-7-25-16/h1-5,7H,6,22-23H2,(H,24,25). The monoisotopic (exact) mass is 388 g/mol. The lowest BCUT2D eigenvalue weighted by Crippen LogP contribution is -2.39. The van der Waals surface area contributed by atoms with Crippen molar-refractivity contribution in [3.8, 4) is 5.75 Å². The normalized spacial score (nSPS) is 19.0. The molecule has 5 N–H and O–H groups in total. The molecule has 1 aliphatic rings. The third-order valence-corrected chi connectivity index (χ3v) is 4.09. The van der Waals surface area contributed by atoms with Gasteiger partial charge in [-0.05, 0) is 18.2 Å². The quantitative estimate of drug-likeness (QED) is 0.554. The summed E-state index contributed by atoms with van der Waals surface area (Å²) in [5.41, 5.74) is 11.8. The maximum atomic E-state index is 13.4. The van der Waals surface area contributed by atoms with Crippen LogP contribution in [0.15, 0.2) is 35.3 Å². The highest BCUT2D eigenvalue weighted by Gasteiger charge is 2.35. The van der Waals surface area contributed by atoms with Crippen molar-refractivity contribution in [3.63, 3.8) is 0 Å². The molecule has 0 spiro atoms. The van der Waals surface area contributed by atoms with Crippen molar-refractivity contribution in [2.75, 3.05) is 17.7 Å². The highest BCUT2D eigenvalue weighted by atomic mass is 35.5. The SMILES string of the molecule is Nc1cc2c(cc1OCC(F)(F)F)NC=NC2(N)c1ccc(F)c(Cl)c1. The summed E-state index contributed by atoms with van der Waals surface area (Å²) in [6.45, 7) is -1.48. The minimum atomic E-state index is -4.50. The third-order valence-electron chi connectivity index (χ3n) is 3.80. The number of hydrogen-bond donors (Lipinski definition) is 3. The predicted octanol–water partition coefficient (Wildman–Crippen LogP) is 3.62. The number of hydrogen-bond acceptors (Lipinski definition) is 5. The van der Waals surface area contributed by atoms with Gasteiger partial charge in [0.2, 0.25) is 0 Å². The van der Waals surface area contributed by atoms with E-state index in [1.54, 1.807) is 0 Å². The number of anilines is 2. The molecule has 1 atom stereocenters. The predicted molar refractivity (Wildman–Crippen MR) is 90.9 cm³/mol. The molecule has 0 saturated heterocycles. The molecule has 0 saturated carbocycles. The molecular weight excluding hydrogens is 376 g/mol. The van der Waals surface area contributed by atoms with Crippen LogP contribution in [0.4, 0.5) is 28.9 Å². The largest absolute Gasteiger partial charge is 0.482 e. The summed E-state index contributed by atoms with van der Waals surface area (Å²) >= 11 is 5.81. The lowest BCUT2D eigenvalue weighted by molar-refractivity contribution is -0.153. The summed E-state index contributed by atoms with van der Waals surface area (Å²) < 4.78 is 55.2. The van der Waals surface area contributed by atoms with Crippen LogP contribution in [-0.2, 0) is 5.66 Å². The van der Waals surface area contributed by atoms with Crippen LogP contribution < -0.4 is 21.5 Å². The first kappa shape index (κ1) is 18.3.